The van der Waals surface area contributed by atoms with E-state index in [-0.39, 0.29) is 0 Å². The van der Waals surface area contributed by atoms with Crippen LogP contribution in [0.5, 0.6) is 5.75 Å². The third-order valence-electron chi connectivity index (χ3n) is 4.00. The van der Waals surface area contributed by atoms with Crippen molar-refractivity contribution in [3.63, 3.8) is 0 Å². The summed E-state index contributed by atoms with van der Waals surface area (Å²) in [6.45, 7) is 4.06. The van der Waals surface area contributed by atoms with E-state index < -0.39 is 0 Å². The van der Waals surface area contributed by atoms with E-state index in [4.69, 9.17) is 4.74 Å². The first kappa shape index (κ1) is 15.8. The molecule has 0 saturated carbocycles. The predicted octanol–water partition coefficient (Wildman–Crippen LogP) is 5.84. The fraction of sp³-hybridized carbons (Fsp3) is 0.0435. The Hall–Kier alpha value is -3.06. The number of rotatable bonds is 5. The lowest BCUT2D eigenvalue weighted by Gasteiger charge is -2.15. The standard InChI is InChI=1S/C23H20O/c1-3-22(18-10-6-4-7-11-18)23(19-12-8-5-9-13-19)20-14-16-21(24-2)17-15-20/h3-17H,1H2,2H3/b23-22+. The molecule has 0 radical (unpaired) electrons. The Labute approximate surface area is 143 Å². The van der Waals surface area contributed by atoms with Gasteiger partial charge in [-0.3, -0.25) is 0 Å². The van der Waals surface area contributed by atoms with Gasteiger partial charge >= 0.3 is 0 Å². The zero-order chi connectivity index (χ0) is 16.8. The third-order valence-corrected chi connectivity index (χ3v) is 4.00. The van der Waals surface area contributed by atoms with Gasteiger partial charge in [0.15, 0.2) is 0 Å². The zero-order valence-corrected chi connectivity index (χ0v) is 13.8. The molecule has 0 spiro atoms. The van der Waals surface area contributed by atoms with Crippen LogP contribution in [0.15, 0.2) is 97.6 Å². The average molecular weight is 312 g/mol. The van der Waals surface area contributed by atoms with Gasteiger partial charge in [-0.15, -0.1) is 0 Å². The smallest absolute Gasteiger partial charge is 0.118 e. The largest absolute Gasteiger partial charge is 0.497 e. The molecule has 1 heteroatoms. The highest BCUT2D eigenvalue weighted by Crippen LogP contribution is 2.33. The minimum absolute atomic E-state index is 0.853. The van der Waals surface area contributed by atoms with Crippen LogP contribution in [0.2, 0.25) is 0 Å². The van der Waals surface area contributed by atoms with Crippen molar-refractivity contribution in [2.45, 2.75) is 0 Å². The number of hydrogen-bond donors (Lipinski definition) is 0. The van der Waals surface area contributed by atoms with Crippen LogP contribution < -0.4 is 4.74 Å². The van der Waals surface area contributed by atoms with Gasteiger partial charge in [0, 0.05) is 0 Å². The quantitative estimate of drug-likeness (QED) is 0.425. The molecule has 0 aliphatic rings. The second-order valence-corrected chi connectivity index (χ2v) is 5.45. The van der Waals surface area contributed by atoms with Crippen LogP contribution in [0.4, 0.5) is 0 Å². The van der Waals surface area contributed by atoms with Gasteiger partial charge in [-0.2, -0.15) is 0 Å². The number of hydrogen-bond acceptors (Lipinski definition) is 1. The number of ether oxygens (including phenoxy) is 1. The van der Waals surface area contributed by atoms with Crippen molar-refractivity contribution in [3.8, 4) is 5.75 Å². The van der Waals surface area contributed by atoms with E-state index in [1.807, 2.05) is 30.3 Å². The maximum Gasteiger partial charge on any atom is 0.118 e. The monoisotopic (exact) mass is 312 g/mol. The Kier molecular flexibility index (Phi) is 4.93. The molecule has 0 amide bonds. The fourth-order valence-electron chi connectivity index (χ4n) is 2.82. The zero-order valence-electron chi connectivity index (χ0n) is 13.8. The van der Waals surface area contributed by atoms with Crippen molar-refractivity contribution in [3.05, 3.63) is 114 Å². The molecule has 0 fully saturated rings. The first-order chi connectivity index (χ1) is 11.8. The highest BCUT2D eigenvalue weighted by molar-refractivity contribution is 6.02. The summed E-state index contributed by atoms with van der Waals surface area (Å²) in [5, 5.41) is 0. The van der Waals surface area contributed by atoms with Gasteiger partial charge in [-0.25, -0.2) is 0 Å². The molecule has 0 unspecified atom stereocenters. The summed E-state index contributed by atoms with van der Waals surface area (Å²) in [4.78, 5) is 0. The van der Waals surface area contributed by atoms with Crippen molar-refractivity contribution in [2.75, 3.05) is 7.11 Å². The van der Waals surface area contributed by atoms with Gasteiger partial charge < -0.3 is 4.74 Å². The van der Waals surface area contributed by atoms with Crippen LogP contribution in [0.3, 0.4) is 0 Å². The van der Waals surface area contributed by atoms with E-state index in [2.05, 4.69) is 67.2 Å². The van der Waals surface area contributed by atoms with Crippen LogP contribution in [0.25, 0.3) is 11.1 Å². The molecule has 3 rings (SSSR count). The van der Waals surface area contributed by atoms with Crippen molar-refractivity contribution >= 4 is 11.1 Å². The lowest BCUT2D eigenvalue weighted by molar-refractivity contribution is 0.415. The molecule has 0 bridgehead atoms. The molecule has 1 nitrogen and oxygen atoms in total. The molecule has 3 aromatic carbocycles. The summed E-state index contributed by atoms with van der Waals surface area (Å²) in [7, 11) is 1.68. The van der Waals surface area contributed by atoms with Crippen molar-refractivity contribution in [1.29, 1.82) is 0 Å². The van der Waals surface area contributed by atoms with E-state index in [9.17, 15) is 0 Å². The van der Waals surface area contributed by atoms with Crippen molar-refractivity contribution < 1.29 is 4.74 Å². The molecule has 0 heterocycles. The second-order valence-electron chi connectivity index (χ2n) is 5.45. The molecule has 118 valence electrons. The fourth-order valence-corrected chi connectivity index (χ4v) is 2.82. The molecule has 0 aliphatic carbocycles. The normalized spacial score (nSPS) is 11.5. The highest BCUT2D eigenvalue weighted by Gasteiger charge is 2.11. The van der Waals surface area contributed by atoms with Crippen LogP contribution in [-0.2, 0) is 0 Å². The van der Waals surface area contributed by atoms with Crippen LogP contribution in [-0.4, -0.2) is 7.11 Å². The summed E-state index contributed by atoms with van der Waals surface area (Å²) < 4.78 is 5.29. The minimum atomic E-state index is 0.853. The lowest BCUT2D eigenvalue weighted by Crippen LogP contribution is -1.94. The Balaban J connectivity index is 2.25. The third kappa shape index (κ3) is 3.31. The molecule has 24 heavy (non-hydrogen) atoms. The Morgan fingerprint density at radius 1 is 0.708 bits per heavy atom. The Bertz CT molecular complexity index is 828. The minimum Gasteiger partial charge on any atom is -0.497 e. The predicted molar refractivity (Wildman–Crippen MR) is 102 cm³/mol. The highest BCUT2D eigenvalue weighted by atomic mass is 16.5. The van der Waals surface area contributed by atoms with Crippen LogP contribution in [0.1, 0.15) is 16.7 Å². The van der Waals surface area contributed by atoms with E-state index in [1.165, 1.54) is 11.1 Å². The molecule has 3 aromatic rings. The molecule has 0 aliphatic heterocycles. The summed E-state index contributed by atoms with van der Waals surface area (Å²) in [6.07, 6.45) is 1.93. The van der Waals surface area contributed by atoms with Crippen molar-refractivity contribution in [2.24, 2.45) is 0 Å². The number of benzene rings is 3. The number of allylic oxidation sites excluding steroid dienone is 2. The van der Waals surface area contributed by atoms with Gasteiger partial charge in [0.25, 0.3) is 0 Å². The Morgan fingerprint density at radius 2 is 1.21 bits per heavy atom. The van der Waals surface area contributed by atoms with E-state index in [0.29, 0.717) is 0 Å². The lowest BCUT2D eigenvalue weighted by atomic mass is 9.89. The van der Waals surface area contributed by atoms with Crippen LogP contribution in [0, 0.1) is 0 Å². The Morgan fingerprint density at radius 3 is 1.71 bits per heavy atom. The molecular weight excluding hydrogens is 292 g/mol. The summed E-state index contributed by atoms with van der Waals surface area (Å²) >= 11 is 0. The molecule has 0 N–H and O–H groups in total. The molecule has 0 atom stereocenters. The topological polar surface area (TPSA) is 9.23 Å². The summed E-state index contributed by atoms with van der Waals surface area (Å²) in [6, 6.07) is 28.9. The summed E-state index contributed by atoms with van der Waals surface area (Å²) in [5.74, 6) is 0.853. The molecule has 0 aromatic heterocycles. The second kappa shape index (κ2) is 7.47. The van der Waals surface area contributed by atoms with Gasteiger partial charge in [0.1, 0.15) is 5.75 Å². The SMILES string of the molecule is C=C/C(=C(/c1ccccc1)c1ccc(OC)cc1)c1ccccc1. The van der Waals surface area contributed by atoms with Gasteiger partial charge in [-0.05, 0) is 40.0 Å². The maximum atomic E-state index is 5.29. The maximum absolute atomic E-state index is 5.29. The summed E-state index contributed by atoms with van der Waals surface area (Å²) in [5.41, 5.74) is 5.75. The van der Waals surface area contributed by atoms with E-state index in [1.54, 1.807) is 7.11 Å². The molecular formula is C23H20O. The van der Waals surface area contributed by atoms with E-state index in [0.717, 1.165) is 22.4 Å². The van der Waals surface area contributed by atoms with E-state index >= 15 is 0 Å². The molecule has 0 saturated heterocycles. The van der Waals surface area contributed by atoms with Crippen molar-refractivity contribution in [1.82, 2.24) is 0 Å². The number of methoxy groups -OCH3 is 1. The van der Waals surface area contributed by atoms with Crippen LogP contribution >= 0.6 is 0 Å². The first-order valence-electron chi connectivity index (χ1n) is 7.95. The van der Waals surface area contributed by atoms with Gasteiger partial charge in [0.05, 0.1) is 7.11 Å². The first-order valence-corrected chi connectivity index (χ1v) is 7.95. The van der Waals surface area contributed by atoms with Gasteiger partial charge in [-0.1, -0.05) is 85.5 Å². The van der Waals surface area contributed by atoms with Gasteiger partial charge in [0.2, 0.25) is 0 Å². The average Bonchev–Trinajstić information content (AvgIpc) is 2.67.